The van der Waals surface area contributed by atoms with Crippen molar-refractivity contribution in [2.45, 2.75) is 6.92 Å². The van der Waals surface area contributed by atoms with Crippen molar-refractivity contribution in [3.63, 3.8) is 0 Å². The Morgan fingerprint density at radius 3 is 2.82 bits per heavy atom. The van der Waals surface area contributed by atoms with Gasteiger partial charge < -0.3 is 0 Å². The van der Waals surface area contributed by atoms with Crippen molar-refractivity contribution < 1.29 is 4.92 Å². The van der Waals surface area contributed by atoms with Crippen LogP contribution in [-0.4, -0.2) is 14.9 Å². The molecule has 1 aromatic rings. The van der Waals surface area contributed by atoms with Gasteiger partial charge in [0.25, 0.3) is 0 Å². The van der Waals surface area contributed by atoms with Crippen LogP contribution in [0.3, 0.4) is 0 Å². The zero-order valence-corrected chi connectivity index (χ0v) is 6.37. The summed E-state index contributed by atoms with van der Waals surface area (Å²) in [5, 5.41) is 10.1. The Hall–Kier alpha value is -1.23. The molecule has 0 aliphatic rings. The lowest BCUT2D eigenvalue weighted by Gasteiger charge is -1.93. The highest BCUT2D eigenvalue weighted by Gasteiger charge is 2.13. The molecule has 0 bridgehead atoms. The largest absolute Gasteiger partial charge is 0.324 e. The molecule has 0 saturated carbocycles. The van der Waals surface area contributed by atoms with E-state index in [1.54, 1.807) is 6.92 Å². The standard InChI is InChI=1S/C5H4ClN3O2/c1-3-7-2-4(9(10)11)5(6)8-3/h2H,1H3. The van der Waals surface area contributed by atoms with E-state index in [2.05, 4.69) is 9.97 Å². The highest BCUT2D eigenvalue weighted by molar-refractivity contribution is 6.31. The fraction of sp³-hybridized carbons (Fsp3) is 0.200. The molecule has 1 heterocycles. The first-order valence-electron chi connectivity index (χ1n) is 2.75. The third-order valence-electron chi connectivity index (χ3n) is 1.04. The van der Waals surface area contributed by atoms with Crippen LogP contribution in [0.15, 0.2) is 6.20 Å². The highest BCUT2D eigenvalue weighted by atomic mass is 35.5. The van der Waals surface area contributed by atoms with E-state index in [4.69, 9.17) is 11.6 Å². The summed E-state index contributed by atoms with van der Waals surface area (Å²) in [6.45, 7) is 1.61. The van der Waals surface area contributed by atoms with E-state index >= 15 is 0 Å². The Morgan fingerprint density at radius 1 is 1.73 bits per heavy atom. The second-order valence-electron chi connectivity index (χ2n) is 1.85. The molecule has 58 valence electrons. The minimum absolute atomic E-state index is 0.123. The van der Waals surface area contributed by atoms with Crippen LogP contribution >= 0.6 is 11.6 Å². The predicted octanol–water partition coefficient (Wildman–Crippen LogP) is 1.35. The van der Waals surface area contributed by atoms with Gasteiger partial charge in [0.15, 0.2) is 0 Å². The second-order valence-corrected chi connectivity index (χ2v) is 2.21. The molecule has 5 nitrogen and oxygen atoms in total. The summed E-state index contributed by atoms with van der Waals surface area (Å²) in [5.74, 6) is 0.417. The van der Waals surface area contributed by atoms with Crippen molar-refractivity contribution in [3.05, 3.63) is 27.3 Å². The molecule has 0 aliphatic heterocycles. The number of hydrogen-bond donors (Lipinski definition) is 0. The lowest BCUT2D eigenvalue weighted by Crippen LogP contribution is -1.94. The molecule has 1 aromatic heterocycles. The van der Waals surface area contributed by atoms with Gasteiger partial charge in [0.05, 0.1) is 4.92 Å². The summed E-state index contributed by atoms with van der Waals surface area (Å²) in [4.78, 5) is 16.8. The van der Waals surface area contributed by atoms with Crippen LogP contribution in [0.2, 0.25) is 5.15 Å². The van der Waals surface area contributed by atoms with Crippen molar-refractivity contribution in [1.82, 2.24) is 9.97 Å². The van der Waals surface area contributed by atoms with Crippen LogP contribution in [0.4, 0.5) is 5.69 Å². The van der Waals surface area contributed by atoms with Gasteiger partial charge in [-0.25, -0.2) is 9.97 Å². The van der Waals surface area contributed by atoms with E-state index < -0.39 is 4.92 Å². The zero-order chi connectivity index (χ0) is 8.43. The number of nitrogens with zero attached hydrogens (tertiary/aromatic N) is 3. The number of nitro groups is 1. The van der Waals surface area contributed by atoms with Crippen LogP contribution in [0, 0.1) is 17.0 Å². The number of halogens is 1. The summed E-state index contributed by atoms with van der Waals surface area (Å²) in [5.41, 5.74) is -0.266. The van der Waals surface area contributed by atoms with Gasteiger partial charge in [0.2, 0.25) is 5.15 Å². The second kappa shape index (κ2) is 2.79. The van der Waals surface area contributed by atoms with Crippen molar-refractivity contribution >= 4 is 17.3 Å². The molecule has 0 N–H and O–H groups in total. The van der Waals surface area contributed by atoms with Gasteiger partial charge in [-0.1, -0.05) is 11.6 Å². The third-order valence-corrected chi connectivity index (χ3v) is 1.32. The maximum Gasteiger partial charge on any atom is 0.324 e. The third kappa shape index (κ3) is 1.62. The van der Waals surface area contributed by atoms with Gasteiger partial charge in [0, 0.05) is 0 Å². The van der Waals surface area contributed by atoms with Crippen LogP contribution in [0.5, 0.6) is 0 Å². The molecule has 0 fully saturated rings. The van der Waals surface area contributed by atoms with Gasteiger partial charge >= 0.3 is 5.69 Å². The average molecular weight is 174 g/mol. The van der Waals surface area contributed by atoms with Gasteiger partial charge in [0.1, 0.15) is 12.0 Å². The monoisotopic (exact) mass is 173 g/mol. The number of hydrogen-bond acceptors (Lipinski definition) is 4. The minimum Gasteiger partial charge on any atom is -0.258 e. The topological polar surface area (TPSA) is 68.9 Å². The van der Waals surface area contributed by atoms with Gasteiger partial charge in [-0.3, -0.25) is 10.1 Å². The molecule has 1 rings (SSSR count). The molecule has 0 amide bonds. The molecule has 0 saturated heterocycles. The summed E-state index contributed by atoms with van der Waals surface area (Å²) < 4.78 is 0. The number of aromatic nitrogens is 2. The lowest BCUT2D eigenvalue weighted by atomic mass is 10.5. The van der Waals surface area contributed by atoms with Gasteiger partial charge in [-0.05, 0) is 6.92 Å². The molecule has 11 heavy (non-hydrogen) atoms. The Labute approximate surface area is 67.2 Å². The van der Waals surface area contributed by atoms with E-state index in [0.717, 1.165) is 6.20 Å². The molecule has 0 spiro atoms. The summed E-state index contributed by atoms with van der Waals surface area (Å²) in [7, 11) is 0. The molecule has 6 heteroatoms. The molecule has 0 aliphatic carbocycles. The predicted molar refractivity (Wildman–Crippen MR) is 38.4 cm³/mol. The smallest absolute Gasteiger partial charge is 0.258 e. The molecule has 0 aromatic carbocycles. The number of rotatable bonds is 1. The van der Waals surface area contributed by atoms with Crippen molar-refractivity contribution in [2.75, 3.05) is 0 Å². The maximum absolute atomic E-state index is 10.2. The lowest BCUT2D eigenvalue weighted by molar-refractivity contribution is -0.385. The van der Waals surface area contributed by atoms with E-state index in [-0.39, 0.29) is 10.8 Å². The number of aryl methyl sites for hydroxylation is 1. The molecular weight excluding hydrogens is 170 g/mol. The van der Waals surface area contributed by atoms with Gasteiger partial charge in [-0.2, -0.15) is 0 Å². The minimum atomic E-state index is -0.623. The van der Waals surface area contributed by atoms with Crippen molar-refractivity contribution in [2.24, 2.45) is 0 Å². The molecule has 0 radical (unpaired) electrons. The first-order valence-corrected chi connectivity index (χ1v) is 3.12. The Bertz CT molecular complexity index is 302. The Balaban J connectivity index is 3.20. The maximum atomic E-state index is 10.2. The summed E-state index contributed by atoms with van der Waals surface area (Å²) >= 11 is 5.43. The van der Waals surface area contributed by atoms with Crippen LogP contribution < -0.4 is 0 Å². The Kier molecular flexibility index (Phi) is 2.00. The summed E-state index contributed by atoms with van der Waals surface area (Å²) in [6, 6.07) is 0. The van der Waals surface area contributed by atoms with Crippen molar-refractivity contribution in [3.8, 4) is 0 Å². The normalized spacial score (nSPS) is 9.64. The quantitative estimate of drug-likeness (QED) is 0.365. The van der Waals surface area contributed by atoms with E-state index in [1.807, 2.05) is 0 Å². The fourth-order valence-electron chi connectivity index (χ4n) is 0.558. The van der Waals surface area contributed by atoms with Crippen LogP contribution in [0.25, 0.3) is 0 Å². The fourth-order valence-corrected chi connectivity index (χ4v) is 0.799. The zero-order valence-electron chi connectivity index (χ0n) is 5.61. The first-order chi connectivity index (χ1) is 5.11. The summed E-state index contributed by atoms with van der Waals surface area (Å²) in [6.07, 6.45) is 1.09. The van der Waals surface area contributed by atoms with Crippen LogP contribution in [-0.2, 0) is 0 Å². The van der Waals surface area contributed by atoms with E-state index in [1.165, 1.54) is 0 Å². The molecular formula is C5H4ClN3O2. The molecule has 0 atom stereocenters. The van der Waals surface area contributed by atoms with Gasteiger partial charge in [-0.15, -0.1) is 0 Å². The molecule has 0 unspecified atom stereocenters. The SMILES string of the molecule is Cc1ncc([N+](=O)[O-])c(Cl)n1. The van der Waals surface area contributed by atoms with E-state index in [0.29, 0.717) is 5.82 Å². The highest BCUT2D eigenvalue weighted by Crippen LogP contribution is 2.19. The Morgan fingerprint density at radius 2 is 2.36 bits per heavy atom. The van der Waals surface area contributed by atoms with Crippen LogP contribution in [0.1, 0.15) is 5.82 Å². The first kappa shape index (κ1) is 7.87. The van der Waals surface area contributed by atoms with Crippen molar-refractivity contribution in [1.29, 1.82) is 0 Å². The van der Waals surface area contributed by atoms with E-state index in [9.17, 15) is 10.1 Å². The average Bonchev–Trinajstić information content (AvgIpc) is 1.85.